The molecule has 0 radical (unpaired) electrons. The third-order valence-corrected chi connectivity index (χ3v) is 4.78. The standard InChI is InChI=1S/C23H24ClNO2/c1-16-5-4-6-19(11-16)15-27-22-10-8-18(12-23(22)26-3)14-25-20-9-7-17(2)21(24)13-20/h4-13,25H,14-15H2,1-3H3. The first-order chi connectivity index (χ1) is 13.0. The second-order valence-electron chi connectivity index (χ2n) is 6.58. The van der Waals surface area contributed by atoms with E-state index < -0.39 is 0 Å². The molecule has 0 aromatic heterocycles. The number of nitrogens with one attached hydrogen (secondary N) is 1. The van der Waals surface area contributed by atoms with Gasteiger partial charge in [-0.25, -0.2) is 0 Å². The fraction of sp³-hybridized carbons (Fsp3) is 0.217. The third kappa shape index (κ3) is 5.18. The van der Waals surface area contributed by atoms with E-state index in [-0.39, 0.29) is 0 Å². The molecule has 3 aromatic rings. The molecular weight excluding hydrogens is 358 g/mol. The molecule has 0 heterocycles. The van der Waals surface area contributed by atoms with Crippen LogP contribution in [-0.2, 0) is 13.2 Å². The van der Waals surface area contributed by atoms with Gasteiger partial charge in [0.1, 0.15) is 6.61 Å². The molecule has 0 saturated heterocycles. The van der Waals surface area contributed by atoms with Gasteiger partial charge in [0.05, 0.1) is 7.11 Å². The van der Waals surface area contributed by atoms with Crippen molar-refractivity contribution >= 4 is 17.3 Å². The van der Waals surface area contributed by atoms with Crippen molar-refractivity contribution in [3.63, 3.8) is 0 Å². The van der Waals surface area contributed by atoms with E-state index >= 15 is 0 Å². The van der Waals surface area contributed by atoms with Crippen molar-refractivity contribution in [1.29, 1.82) is 0 Å². The molecule has 0 atom stereocenters. The Bertz CT molecular complexity index is 924. The van der Waals surface area contributed by atoms with Crippen LogP contribution in [0.25, 0.3) is 0 Å². The zero-order valence-corrected chi connectivity index (χ0v) is 16.6. The van der Waals surface area contributed by atoms with E-state index in [4.69, 9.17) is 21.1 Å². The van der Waals surface area contributed by atoms with Crippen molar-refractivity contribution in [1.82, 2.24) is 0 Å². The molecular formula is C23H24ClNO2. The van der Waals surface area contributed by atoms with Gasteiger partial charge in [-0.3, -0.25) is 0 Å². The Kier molecular flexibility index (Phi) is 6.25. The lowest BCUT2D eigenvalue weighted by atomic mass is 10.1. The number of rotatable bonds is 7. The number of hydrogen-bond donors (Lipinski definition) is 1. The number of halogens is 1. The lowest BCUT2D eigenvalue weighted by molar-refractivity contribution is 0.284. The smallest absolute Gasteiger partial charge is 0.161 e. The Morgan fingerprint density at radius 2 is 1.74 bits per heavy atom. The zero-order valence-electron chi connectivity index (χ0n) is 15.9. The molecule has 3 nitrogen and oxygen atoms in total. The highest BCUT2D eigenvalue weighted by atomic mass is 35.5. The average Bonchev–Trinajstić information content (AvgIpc) is 2.67. The molecule has 0 unspecified atom stereocenters. The minimum absolute atomic E-state index is 0.511. The predicted octanol–water partition coefficient (Wildman–Crippen LogP) is 6.16. The maximum absolute atomic E-state index is 6.18. The lowest BCUT2D eigenvalue weighted by Gasteiger charge is -2.13. The number of hydrogen-bond acceptors (Lipinski definition) is 3. The van der Waals surface area contributed by atoms with Crippen LogP contribution in [0.1, 0.15) is 22.3 Å². The zero-order chi connectivity index (χ0) is 19.2. The molecule has 0 fully saturated rings. The van der Waals surface area contributed by atoms with Crippen LogP contribution in [0.5, 0.6) is 11.5 Å². The summed E-state index contributed by atoms with van der Waals surface area (Å²) >= 11 is 6.18. The second kappa shape index (κ2) is 8.83. The number of ether oxygens (including phenoxy) is 2. The van der Waals surface area contributed by atoms with Crippen LogP contribution < -0.4 is 14.8 Å². The number of benzene rings is 3. The molecule has 3 rings (SSSR count). The highest BCUT2D eigenvalue weighted by Gasteiger charge is 2.07. The summed E-state index contributed by atoms with van der Waals surface area (Å²) in [5, 5.41) is 4.14. The van der Waals surface area contributed by atoms with Crippen molar-refractivity contribution in [3.8, 4) is 11.5 Å². The van der Waals surface area contributed by atoms with Gasteiger partial charge in [0.2, 0.25) is 0 Å². The van der Waals surface area contributed by atoms with E-state index in [2.05, 4.69) is 30.4 Å². The van der Waals surface area contributed by atoms with E-state index in [1.165, 1.54) is 5.56 Å². The minimum atomic E-state index is 0.511. The number of methoxy groups -OCH3 is 1. The molecule has 0 saturated carbocycles. The van der Waals surface area contributed by atoms with E-state index in [1.54, 1.807) is 7.11 Å². The Morgan fingerprint density at radius 3 is 2.48 bits per heavy atom. The number of anilines is 1. The largest absolute Gasteiger partial charge is 0.493 e. The lowest BCUT2D eigenvalue weighted by Crippen LogP contribution is -2.02. The molecule has 0 aliphatic rings. The van der Waals surface area contributed by atoms with Crippen LogP contribution in [0.2, 0.25) is 5.02 Å². The second-order valence-corrected chi connectivity index (χ2v) is 6.99. The predicted molar refractivity (Wildman–Crippen MR) is 112 cm³/mol. The molecule has 140 valence electrons. The fourth-order valence-corrected chi connectivity index (χ4v) is 2.99. The molecule has 4 heteroatoms. The fourth-order valence-electron chi connectivity index (χ4n) is 2.81. The van der Waals surface area contributed by atoms with Crippen LogP contribution in [0.4, 0.5) is 5.69 Å². The van der Waals surface area contributed by atoms with E-state index in [0.29, 0.717) is 13.2 Å². The summed E-state index contributed by atoms with van der Waals surface area (Å²) < 4.78 is 11.5. The summed E-state index contributed by atoms with van der Waals surface area (Å²) in [6.07, 6.45) is 0. The first-order valence-corrected chi connectivity index (χ1v) is 9.28. The van der Waals surface area contributed by atoms with Gasteiger partial charge in [0.15, 0.2) is 11.5 Å². The van der Waals surface area contributed by atoms with Gasteiger partial charge in [-0.05, 0) is 54.8 Å². The van der Waals surface area contributed by atoms with Gasteiger partial charge in [-0.15, -0.1) is 0 Å². The summed E-state index contributed by atoms with van der Waals surface area (Å²) in [5.74, 6) is 1.46. The van der Waals surface area contributed by atoms with Crippen molar-refractivity contribution in [2.24, 2.45) is 0 Å². The van der Waals surface area contributed by atoms with Crippen LogP contribution in [-0.4, -0.2) is 7.11 Å². The van der Waals surface area contributed by atoms with Gasteiger partial charge in [0, 0.05) is 17.3 Å². The van der Waals surface area contributed by atoms with E-state index in [1.807, 2.05) is 49.4 Å². The van der Waals surface area contributed by atoms with Crippen molar-refractivity contribution in [2.45, 2.75) is 27.0 Å². The van der Waals surface area contributed by atoms with E-state index in [9.17, 15) is 0 Å². The number of aryl methyl sites for hydroxylation is 2. The van der Waals surface area contributed by atoms with Crippen LogP contribution >= 0.6 is 11.6 Å². The summed E-state index contributed by atoms with van der Waals surface area (Å²) in [7, 11) is 1.66. The normalized spacial score (nSPS) is 10.5. The third-order valence-electron chi connectivity index (χ3n) is 4.37. The van der Waals surface area contributed by atoms with E-state index in [0.717, 1.165) is 38.9 Å². The molecule has 0 amide bonds. The Hall–Kier alpha value is -2.65. The maximum atomic E-state index is 6.18. The minimum Gasteiger partial charge on any atom is -0.493 e. The Morgan fingerprint density at radius 1 is 0.889 bits per heavy atom. The SMILES string of the molecule is COc1cc(CNc2ccc(C)c(Cl)c2)ccc1OCc1cccc(C)c1. The molecule has 0 spiro atoms. The van der Waals surface area contributed by atoms with Gasteiger partial charge >= 0.3 is 0 Å². The highest BCUT2D eigenvalue weighted by molar-refractivity contribution is 6.31. The van der Waals surface area contributed by atoms with Gasteiger partial charge in [-0.2, -0.15) is 0 Å². The van der Waals surface area contributed by atoms with Crippen molar-refractivity contribution in [2.75, 3.05) is 12.4 Å². The average molecular weight is 382 g/mol. The summed E-state index contributed by atoms with van der Waals surface area (Å²) in [6, 6.07) is 20.3. The molecule has 0 aliphatic heterocycles. The Labute approximate surface area is 165 Å². The quantitative estimate of drug-likeness (QED) is 0.531. The summed E-state index contributed by atoms with van der Waals surface area (Å²) in [5.41, 5.74) is 5.52. The van der Waals surface area contributed by atoms with Crippen molar-refractivity contribution in [3.05, 3.63) is 87.9 Å². The monoisotopic (exact) mass is 381 g/mol. The van der Waals surface area contributed by atoms with Crippen molar-refractivity contribution < 1.29 is 9.47 Å². The molecule has 0 aliphatic carbocycles. The molecule has 27 heavy (non-hydrogen) atoms. The van der Waals surface area contributed by atoms with Crippen LogP contribution in [0.15, 0.2) is 60.7 Å². The maximum Gasteiger partial charge on any atom is 0.161 e. The molecule has 3 aromatic carbocycles. The van der Waals surface area contributed by atoms with Gasteiger partial charge in [0.25, 0.3) is 0 Å². The van der Waals surface area contributed by atoms with Crippen LogP contribution in [0, 0.1) is 13.8 Å². The molecule has 0 bridgehead atoms. The molecule has 1 N–H and O–H groups in total. The van der Waals surface area contributed by atoms with Crippen LogP contribution in [0.3, 0.4) is 0 Å². The topological polar surface area (TPSA) is 30.5 Å². The first kappa shape index (κ1) is 19.1. The first-order valence-electron chi connectivity index (χ1n) is 8.90. The Balaban J connectivity index is 1.65. The highest BCUT2D eigenvalue weighted by Crippen LogP contribution is 2.29. The summed E-state index contributed by atoms with van der Waals surface area (Å²) in [4.78, 5) is 0. The summed E-state index contributed by atoms with van der Waals surface area (Å²) in [6.45, 7) is 5.25. The van der Waals surface area contributed by atoms with Gasteiger partial charge < -0.3 is 14.8 Å². The van der Waals surface area contributed by atoms with Gasteiger partial charge in [-0.1, -0.05) is 53.6 Å².